The molecule has 0 saturated carbocycles. The lowest BCUT2D eigenvalue weighted by Gasteiger charge is -2.29. The molecule has 130 valence electrons. The van der Waals surface area contributed by atoms with E-state index in [0.29, 0.717) is 0 Å². The number of halogens is 1. The fraction of sp³-hybridized carbons (Fsp3) is 0.556. The normalized spacial score (nSPS) is 21.7. The van der Waals surface area contributed by atoms with Crippen molar-refractivity contribution in [1.82, 2.24) is 0 Å². The lowest BCUT2D eigenvalue weighted by molar-refractivity contribution is -0.161. The lowest BCUT2D eigenvalue weighted by Crippen LogP contribution is -2.41. The quantitative estimate of drug-likeness (QED) is 0.207. The number of esters is 2. The van der Waals surface area contributed by atoms with E-state index in [4.69, 9.17) is 14.2 Å². The van der Waals surface area contributed by atoms with Crippen LogP contribution in [0.25, 0.3) is 0 Å². The Balaban J connectivity index is 2.53. The van der Waals surface area contributed by atoms with E-state index in [1.807, 2.05) is 22.6 Å². The molecular weight excluding hydrogens is 423 g/mol. The molecule has 0 fully saturated rings. The van der Waals surface area contributed by atoms with Gasteiger partial charge in [-0.2, -0.15) is 0 Å². The molecule has 5 nitrogen and oxygen atoms in total. The van der Waals surface area contributed by atoms with Crippen LogP contribution in [0, 0.1) is 21.7 Å². The Hall–Kier alpha value is -1.51. The zero-order valence-electron chi connectivity index (χ0n) is 13.8. The molecule has 3 atom stereocenters. The zero-order valence-corrected chi connectivity index (χ0v) is 16.0. The molecule has 0 saturated heterocycles. The molecular formula is C18H21IO5. The second-order valence-corrected chi connectivity index (χ2v) is 5.70. The third-order valence-electron chi connectivity index (χ3n) is 3.08. The van der Waals surface area contributed by atoms with Crippen molar-refractivity contribution in [2.24, 2.45) is 0 Å². The Kier molecular flexibility index (Phi) is 10.2. The highest BCUT2D eigenvalue weighted by atomic mass is 127. The van der Waals surface area contributed by atoms with Gasteiger partial charge in [0.05, 0.1) is 0 Å². The van der Waals surface area contributed by atoms with Gasteiger partial charge in [-0.05, 0) is 28.9 Å². The maximum Gasteiger partial charge on any atom is 0.303 e. The summed E-state index contributed by atoms with van der Waals surface area (Å²) in [6.07, 6.45) is 5.63. The van der Waals surface area contributed by atoms with Gasteiger partial charge in [0.15, 0.2) is 0 Å². The smallest absolute Gasteiger partial charge is 0.303 e. The first-order valence-electron chi connectivity index (χ1n) is 7.74. The van der Waals surface area contributed by atoms with Crippen LogP contribution in [-0.2, 0) is 23.8 Å². The SMILES string of the molecule is CC(=O)OC[C@H]1O[C@H](C#CCCCCC#CI)C=C[C@@H]1OC(C)=O. The van der Waals surface area contributed by atoms with Gasteiger partial charge in [-0.3, -0.25) is 9.59 Å². The minimum Gasteiger partial charge on any atom is -0.463 e. The van der Waals surface area contributed by atoms with Crippen molar-refractivity contribution < 1.29 is 23.8 Å². The summed E-state index contributed by atoms with van der Waals surface area (Å²) < 4.78 is 18.7. The van der Waals surface area contributed by atoms with Gasteiger partial charge in [0.25, 0.3) is 0 Å². The predicted octanol–water partition coefficient (Wildman–Crippen LogP) is 2.76. The van der Waals surface area contributed by atoms with Crippen molar-refractivity contribution in [3.8, 4) is 21.7 Å². The van der Waals surface area contributed by atoms with E-state index in [2.05, 4.69) is 21.7 Å². The van der Waals surface area contributed by atoms with Gasteiger partial charge in [-0.15, -0.1) is 5.92 Å². The van der Waals surface area contributed by atoms with Crippen LogP contribution in [0.1, 0.15) is 39.5 Å². The van der Waals surface area contributed by atoms with Crippen molar-refractivity contribution in [3.05, 3.63) is 12.2 Å². The summed E-state index contributed by atoms with van der Waals surface area (Å²) in [4.78, 5) is 22.1. The van der Waals surface area contributed by atoms with Gasteiger partial charge in [-0.1, -0.05) is 11.8 Å². The van der Waals surface area contributed by atoms with Crippen molar-refractivity contribution >= 4 is 34.5 Å². The highest BCUT2D eigenvalue weighted by Crippen LogP contribution is 2.17. The summed E-state index contributed by atoms with van der Waals surface area (Å²) >= 11 is 2.03. The van der Waals surface area contributed by atoms with Crippen LogP contribution < -0.4 is 0 Å². The van der Waals surface area contributed by atoms with Crippen molar-refractivity contribution in [2.45, 2.75) is 57.8 Å². The highest BCUT2D eigenvalue weighted by molar-refractivity contribution is 14.1. The van der Waals surface area contributed by atoms with Gasteiger partial charge in [0.2, 0.25) is 0 Å². The summed E-state index contributed by atoms with van der Waals surface area (Å²) in [5, 5.41) is 0. The van der Waals surface area contributed by atoms with E-state index in [9.17, 15) is 9.59 Å². The summed E-state index contributed by atoms with van der Waals surface area (Å²) in [5.74, 6) is 8.29. The molecule has 0 amide bonds. The third kappa shape index (κ3) is 8.95. The molecule has 0 aromatic carbocycles. The Morgan fingerprint density at radius 2 is 1.83 bits per heavy atom. The number of hydrogen-bond donors (Lipinski definition) is 0. The second-order valence-electron chi connectivity index (χ2n) is 5.16. The van der Waals surface area contributed by atoms with Crippen LogP contribution in [0.3, 0.4) is 0 Å². The van der Waals surface area contributed by atoms with Crippen LogP contribution in [0.4, 0.5) is 0 Å². The largest absolute Gasteiger partial charge is 0.463 e. The standard InChI is InChI=1S/C18H21IO5/c1-14(20)22-13-18-17(23-15(2)21)11-10-16(24-18)9-7-5-3-4-6-8-12-19/h10-11,16-18H,3-6,13H2,1-2H3/t16-,17+,18-/m1/s1. The fourth-order valence-electron chi connectivity index (χ4n) is 2.01. The molecule has 1 aliphatic rings. The van der Waals surface area contributed by atoms with Crippen LogP contribution >= 0.6 is 22.6 Å². The molecule has 1 heterocycles. The van der Waals surface area contributed by atoms with E-state index in [-0.39, 0.29) is 6.61 Å². The molecule has 0 bridgehead atoms. The summed E-state index contributed by atoms with van der Waals surface area (Å²) in [6.45, 7) is 2.66. The minimum absolute atomic E-state index is 0.0186. The van der Waals surface area contributed by atoms with Gasteiger partial charge in [0.1, 0.15) is 24.9 Å². The third-order valence-corrected chi connectivity index (χ3v) is 3.46. The Morgan fingerprint density at radius 1 is 1.12 bits per heavy atom. The summed E-state index contributed by atoms with van der Waals surface area (Å²) in [5.41, 5.74) is 0. The Morgan fingerprint density at radius 3 is 2.46 bits per heavy atom. The van der Waals surface area contributed by atoms with Crippen LogP contribution in [0.2, 0.25) is 0 Å². The van der Waals surface area contributed by atoms with E-state index in [0.717, 1.165) is 25.7 Å². The molecule has 0 unspecified atom stereocenters. The van der Waals surface area contributed by atoms with Crippen molar-refractivity contribution in [1.29, 1.82) is 0 Å². The Bertz CT molecular complexity index is 576. The van der Waals surface area contributed by atoms with Crippen molar-refractivity contribution in [3.63, 3.8) is 0 Å². The number of ether oxygens (including phenoxy) is 3. The average molecular weight is 444 g/mol. The molecule has 1 aliphatic heterocycles. The topological polar surface area (TPSA) is 61.8 Å². The number of rotatable bonds is 6. The maximum atomic E-state index is 11.1. The molecule has 0 spiro atoms. The lowest BCUT2D eigenvalue weighted by atomic mass is 10.1. The van der Waals surface area contributed by atoms with Crippen LogP contribution in [0.15, 0.2) is 12.2 Å². The van der Waals surface area contributed by atoms with Gasteiger partial charge in [-0.25, -0.2) is 0 Å². The molecule has 0 aliphatic carbocycles. The molecule has 0 radical (unpaired) electrons. The number of unbranched alkanes of at least 4 members (excludes halogenated alkanes) is 3. The monoisotopic (exact) mass is 444 g/mol. The van der Waals surface area contributed by atoms with Crippen LogP contribution in [-0.4, -0.2) is 36.9 Å². The fourth-order valence-corrected chi connectivity index (χ4v) is 2.28. The second kappa shape index (κ2) is 11.9. The van der Waals surface area contributed by atoms with Gasteiger partial charge < -0.3 is 14.2 Å². The highest BCUT2D eigenvalue weighted by Gasteiger charge is 2.29. The van der Waals surface area contributed by atoms with E-state index in [1.165, 1.54) is 13.8 Å². The molecule has 0 N–H and O–H groups in total. The zero-order chi connectivity index (χ0) is 17.8. The first-order valence-corrected chi connectivity index (χ1v) is 8.82. The van der Waals surface area contributed by atoms with Crippen molar-refractivity contribution in [2.75, 3.05) is 6.61 Å². The molecule has 0 aromatic rings. The summed E-state index contributed by atoms with van der Waals surface area (Å²) in [6, 6.07) is 0. The van der Waals surface area contributed by atoms with E-state index in [1.54, 1.807) is 12.2 Å². The number of carbonyl (C=O) groups excluding carboxylic acids is 2. The first kappa shape index (κ1) is 20.5. The number of carbonyl (C=O) groups is 2. The molecule has 6 heteroatoms. The minimum atomic E-state index is -0.577. The summed E-state index contributed by atoms with van der Waals surface area (Å²) in [7, 11) is 0. The Labute approximate surface area is 156 Å². The van der Waals surface area contributed by atoms with Gasteiger partial charge >= 0.3 is 11.9 Å². The van der Waals surface area contributed by atoms with E-state index >= 15 is 0 Å². The number of hydrogen-bond acceptors (Lipinski definition) is 5. The first-order chi connectivity index (χ1) is 11.5. The van der Waals surface area contributed by atoms with Crippen LogP contribution in [0.5, 0.6) is 0 Å². The molecule has 1 rings (SSSR count). The molecule has 24 heavy (non-hydrogen) atoms. The average Bonchev–Trinajstić information content (AvgIpc) is 2.53. The predicted molar refractivity (Wildman–Crippen MR) is 98.0 cm³/mol. The maximum absolute atomic E-state index is 11.1. The van der Waals surface area contributed by atoms with Gasteiger partial charge in [0, 0.05) is 49.3 Å². The molecule has 0 aromatic heterocycles. The van der Waals surface area contributed by atoms with E-state index < -0.39 is 30.3 Å².